The molecule has 0 bridgehead atoms. The van der Waals surface area contributed by atoms with Crippen LogP contribution in [0, 0.1) is 6.92 Å². The molecule has 8 heteroatoms. The standard InChI is InChI=1S/C31H27BrN2O5/c1-21-8-10-24(11-9-21)31(36)39-29-17-12-26(32)18-25(29)19-33-34-30(35)22(2)38-28-15-13-27(14-16-28)37-20-23-6-4-3-5-7-23/h3-19,22H,20H2,1-2H3,(H,34,35)/b33-19-/t22-/m0/s1. The van der Waals surface area contributed by atoms with Crippen LogP contribution in [-0.2, 0) is 11.4 Å². The molecule has 0 spiro atoms. The van der Waals surface area contributed by atoms with Gasteiger partial charge in [0.05, 0.1) is 11.8 Å². The van der Waals surface area contributed by atoms with E-state index >= 15 is 0 Å². The van der Waals surface area contributed by atoms with Crippen molar-refractivity contribution < 1.29 is 23.8 Å². The molecule has 0 heterocycles. The highest BCUT2D eigenvalue weighted by Gasteiger charge is 2.15. The topological polar surface area (TPSA) is 86.2 Å². The molecule has 0 aliphatic carbocycles. The third-order valence-electron chi connectivity index (χ3n) is 5.59. The number of benzene rings is 4. The van der Waals surface area contributed by atoms with Gasteiger partial charge in [-0.25, -0.2) is 10.2 Å². The first kappa shape index (κ1) is 27.6. The van der Waals surface area contributed by atoms with Crippen LogP contribution in [0.3, 0.4) is 0 Å². The Kier molecular flexibility index (Phi) is 9.48. The number of hydrogen-bond donors (Lipinski definition) is 1. The summed E-state index contributed by atoms with van der Waals surface area (Å²) < 4.78 is 17.8. The van der Waals surface area contributed by atoms with E-state index in [0.29, 0.717) is 35.0 Å². The Morgan fingerprint density at radius 2 is 1.62 bits per heavy atom. The van der Waals surface area contributed by atoms with E-state index in [0.717, 1.165) is 15.6 Å². The molecule has 1 atom stereocenters. The van der Waals surface area contributed by atoms with Crippen molar-refractivity contribution in [2.75, 3.05) is 0 Å². The number of aryl methyl sites for hydroxylation is 1. The molecule has 198 valence electrons. The third-order valence-corrected chi connectivity index (χ3v) is 6.09. The monoisotopic (exact) mass is 586 g/mol. The third kappa shape index (κ3) is 8.28. The van der Waals surface area contributed by atoms with Gasteiger partial charge in [-0.2, -0.15) is 5.10 Å². The number of nitrogens with zero attached hydrogens (tertiary/aromatic N) is 1. The lowest BCUT2D eigenvalue weighted by Crippen LogP contribution is -2.33. The van der Waals surface area contributed by atoms with E-state index < -0.39 is 18.0 Å². The Labute approximate surface area is 235 Å². The minimum atomic E-state index is -0.806. The summed E-state index contributed by atoms with van der Waals surface area (Å²) in [5.41, 5.74) is 5.52. The maximum atomic E-state index is 12.6. The molecular formula is C31H27BrN2O5. The van der Waals surface area contributed by atoms with Crippen LogP contribution >= 0.6 is 15.9 Å². The summed E-state index contributed by atoms with van der Waals surface area (Å²) in [7, 11) is 0. The molecule has 0 aromatic heterocycles. The van der Waals surface area contributed by atoms with Crippen LogP contribution in [0.4, 0.5) is 0 Å². The summed E-state index contributed by atoms with van der Waals surface area (Å²) in [6.07, 6.45) is 0.603. The summed E-state index contributed by atoms with van der Waals surface area (Å²) in [5.74, 6) is 0.589. The number of rotatable bonds is 10. The smallest absolute Gasteiger partial charge is 0.343 e. The van der Waals surface area contributed by atoms with Crippen molar-refractivity contribution in [1.82, 2.24) is 5.43 Å². The number of carbonyl (C=O) groups excluding carboxylic acids is 2. The van der Waals surface area contributed by atoms with Crippen LogP contribution in [0.15, 0.2) is 107 Å². The molecule has 0 aliphatic rings. The van der Waals surface area contributed by atoms with Gasteiger partial charge in [0.15, 0.2) is 6.10 Å². The highest BCUT2D eigenvalue weighted by Crippen LogP contribution is 2.23. The van der Waals surface area contributed by atoms with E-state index in [1.165, 1.54) is 6.21 Å². The molecule has 0 unspecified atom stereocenters. The second-order valence-corrected chi connectivity index (χ2v) is 9.59. The predicted octanol–water partition coefficient (Wildman–Crippen LogP) is 6.47. The number of esters is 1. The van der Waals surface area contributed by atoms with Gasteiger partial charge in [0.2, 0.25) is 0 Å². The minimum absolute atomic E-state index is 0.306. The lowest BCUT2D eigenvalue weighted by atomic mass is 10.1. The number of hydrazone groups is 1. The van der Waals surface area contributed by atoms with Crippen molar-refractivity contribution in [1.29, 1.82) is 0 Å². The van der Waals surface area contributed by atoms with Crippen LogP contribution in [0.1, 0.15) is 34.0 Å². The fraction of sp³-hybridized carbons (Fsp3) is 0.129. The first-order chi connectivity index (χ1) is 18.9. The van der Waals surface area contributed by atoms with Crippen molar-refractivity contribution in [3.8, 4) is 17.2 Å². The lowest BCUT2D eigenvalue weighted by Gasteiger charge is -2.14. The SMILES string of the molecule is Cc1ccc(C(=O)Oc2ccc(Br)cc2/C=N\NC(=O)[C@H](C)Oc2ccc(OCc3ccccc3)cc2)cc1. The summed E-state index contributed by atoms with van der Waals surface area (Å²) in [6, 6.07) is 29.2. The maximum Gasteiger partial charge on any atom is 0.343 e. The van der Waals surface area contributed by atoms with Crippen LogP contribution < -0.4 is 19.6 Å². The molecule has 4 aromatic carbocycles. The van der Waals surface area contributed by atoms with Gasteiger partial charge in [-0.05, 0) is 74.0 Å². The van der Waals surface area contributed by atoms with Crippen LogP contribution in [0.2, 0.25) is 0 Å². The average Bonchev–Trinajstić information content (AvgIpc) is 2.95. The van der Waals surface area contributed by atoms with Gasteiger partial charge in [0, 0.05) is 10.0 Å². The van der Waals surface area contributed by atoms with E-state index in [1.54, 1.807) is 61.5 Å². The molecule has 39 heavy (non-hydrogen) atoms. The van der Waals surface area contributed by atoms with E-state index in [9.17, 15) is 9.59 Å². The zero-order valence-electron chi connectivity index (χ0n) is 21.5. The number of amides is 1. The number of nitrogens with one attached hydrogen (secondary N) is 1. The zero-order chi connectivity index (χ0) is 27.6. The molecule has 0 saturated heterocycles. The second-order valence-electron chi connectivity index (χ2n) is 8.68. The van der Waals surface area contributed by atoms with Crippen LogP contribution in [0.25, 0.3) is 0 Å². The molecule has 0 fully saturated rings. The predicted molar refractivity (Wildman–Crippen MR) is 153 cm³/mol. The molecule has 4 rings (SSSR count). The first-order valence-electron chi connectivity index (χ1n) is 12.2. The van der Waals surface area contributed by atoms with Gasteiger partial charge in [-0.3, -0.25) is 4.79 Å². The van der Waals surface area contributed by atoms with Crippen molar-refractivity contribution in [3.05, 3.63) is 124 Å². The number of halogens is 1. The van der Waals surface area contributed by atoms with Crippen molar-refractivity contribution in [2.24, 2.45) is 5.10 Å². The summed E-state index contributed by atoms with van der Waals surface area (Å²) in [4.78, 5) is 25.1. The molecule has 4 aromatic rings. The molecule has 7 nitrogen and oxygen atoms in total. The first-order valence-corrected chi connectivity index (χ1v) is 13.0. The number of ether oxygens (including phenoxy) is 3. The lowest BCUT2D eigenvalue weighted by molar-refractivity contribution is -0.127. The normalized spacial score (nSPS) is 11.6. The Hall–Kier alpha value is -4.43. The van der Waals surface area contributed by atoms with Gasteiger partial charge in [0.1, 0.15) is 23.9 Å². The Balaban J connectivity index is 1.31. The van der Waals surface area contributed by atoms with Gasteiger partial charge in [-0.15, -0.1) is 0 Å². The fourth-order valence-electron chi connectivity index (χ4n) is 3.43. The molecule has 0 aliphatic heterocycles. The van der Waals surface area contributed by atoms with Gasteiger partial charge in [-0.1, -0.05) is 64.0 Å². The molecule has 1 N–H and O–H groups in total. The zero-order valence-corrected chi connectivity index (χ0v) is 23.1. The van der Waals surface area contributed by atoms with E-state index in [4.69, 9.17) is 14.2 Å². The highest BCUT2D eigenvalue weighted by molar-refractivity contribution is 9.10. The number of carbonyl (C=O) groups is 2. The van der Waals surface area contributed by atoms with Crippen LogP contribution in [-0.4, -0.2) is 24.2 Å². The minimum Gasteiger partial charge on any atom is -0.489 e. The van der Waals surface area contributed by atoms with E-state index in [2.05, 4.69) is 26.5 Å². The number of hydrogen-bond acceptors (Lipinski definition) is 6. The van der Waals surface area contributed by atoms with Crippen LogP contribution in [0.5, 0.6) is 17.2 Å². The van der Waals surface area contributed by atoms with Crippen molar-refractivity contribution in [3.63, 3.8) is 0 Å². The summed E-state index contributed by atoms with van der Waals surface area (Å²) in [5, 5.41) is 4.03. The average molecular weight is 587 g/mol. The van der Waals surface area contributed by atoms with Gasteiger partial charge >= 0.3 is 5.97 Å². The second kappa shape index (κ2) is 13.4. The summed E-state index contributed by atoms with van der Waals surface area (Å²) >= 11 is 3.40. The maximum absolute atomic E-state index is 12.6. The Morgan fingerprint density at radius 3 is 2.33 bits per heavy atom. The fourth-order valence-corrected chi connectivity index (χ4v) is 3.81. The largest absolute Gasteiger partial charge is 0.489 e. The highest BCUT2D eigenvalue weighted by atomic mass is 79.9. The van der Waals surface area contributed by atoms with Gasteiger partial charge in [0.25, 0.3) is 5.91 Å². The molecule has 0 saturated carbocycles. The molecule has 1 amide bonds. The van der Waals surface area contributed by atoms with Crippen molar-refractivity contribution in [2.45, 2.75) is 26.6 Å². The Bertz CT molecular complexity index is 1440. The summed E-state index contributed by atoms with van der Waals surface area (Å²) in [6.45, 7) is 4.03. The van der Waals surface area contributed by atoms with Crippen molar-refractivity contribution >= 4 is 34.0 Å². The van der Waals surface area contributed by atoms with Gasteiger partial charge < -0.3 is 14.2 Å². The van der Waals surface area contributed by atoms with E-state index in [1.807, 2.05) is 49.4 Å². The Morgan fingerprint density at radius 1 is 0.923 bits per heavy atom. The molecule has 0 radical (unpaired) electrons. The quantitative estimate of drug-likeness (QED) is 0.0995. The molecular weight excluding hydrogens is 560 g/mol. The van der Waals surface area contributed by atoms with E-state index in [-0.39, 0.29) is 0 Å².